The van der Waals surface area contributed by atoms with Crippen molar-refractivity contribution < 1.29 is 4.74 Å². The average molecular weight is 209 g/mol. The Morgan fingerprint density at radius 3 is 3.27 bits per heavy atom. The number of hydrogen-bond acceptors (Lipinski definition) is 4. The molecule has 2 rings (SSSR count). The van der Waals surface area contributed by atoms with Gasteiger partial charge in [0.15, 0.2) is 0 Å². The Kier molecular flexibility index (Phi) is 3.34. The van der Waals surface area contributed by atoms with Crippen molar-refractivity contribution in [2.45, 2.75) is 12.8 Å². The van der Waals surface area contributed by atoms with E-state index in [1.165, 1.54) is 18.8 Å². The second-order valence-electron chi connectivity index (χ2n) is 3.75. The van der Waals surface area contributed by atoms with E-state index in [2.05, 4.69) is 15.3 Å². The summed E-state index contributed by atoms with van der Waals surface area (Å²) >= 11 is 0. The summed E-state index contributed by atoms with van der Waals surface area (Å²) in [5.74, 6) is 0.656. The summed E-state index contributed by atoms with van der Waals surface area (Å²) < 4.78 is 5.38. The van der Waals surface area contributed by atoms with Crippen LogP contribution in [0.4, 0.5) is 0 Å². The van der Waals surface area contributed by atoms with E-state index in [-0.39, 0.29) is 11.4 Å². The molecule has 15 heavy (non-hydrogen) atoms. The zero-order valence-corrected chi connectivity index (χ0v) is 8.53. The Labute approximate surface area is 87.9 Å². The number of aromatic amines is 1. The highest BCUT2D eigenvalue weighted by Crippen LogP contribution is 2.10. The lowest BCUT2D eigenvalue weighted by Crippen LogP contribution is -2.33. The minimum Gasteiger partial charge on any atom is -0.473 e. The van der Waals surface area contributed by atoms with Crippen molar-refractivity contribution in [3.05, 3.63) is 22.7 Å². The van der Waals surface area contributed by atoms with E-state index in [9.17, 15) is 4.79 Å². The van der Waals surface area contributed by atoms with Crippen molar-refractivity contribution in [3.8, 4) is 5.88 Å². The zero-order chi connectivity index (χ0) is 10.5. The number of H-pyrrole nitrogens is 1. The van der Waals surface area contributed by atoms with Crippen LogP contribution in [0.25, 0.3) is 0 Å². The van der Waals surface area contributed by atoms with Gasteiger partial charge in [-0.05, 0) is 19.4 Å². The third-order valence-corrected chi connectivity index (χ3v) is 2.53. The topological polar surface area (TPSA) is 67.0 Å². The number of rotatable bonds is 3. The van der Waals surface area contributed by atoms with Gasteiger partial charge in [0.2, 0.25) is 0 Å². The Bertz CT molecular complexity index is 358. The summed E-state index contributed by atoms with van der Waals surface area (Å²) in [7, 11) is 0. The first-order valence-corrected chi connectivity index (χ1v) is 5.23. The molecule has 2 heterocycles. The molecule has 1 saturated heterocycles. The summed E-state index contributed by atoms with van der Waals surface area (Å²) in [5, 5.41) is 3.30. The Balaban J connectivity index is 1.87. The van der Waals surface area contributed by atoms with Gasteiger partial charge in [0, 0.05) is 24.9 Å². The Hall–Kier alpha value is -1.36. The van der Waals surface area contributed by atoms with Gasteiger partial charge >= 0.3 is 5.56 Å². The van der Waals surface area contributed by atoms with Gasteiger partial charge in [-0.25, -0.2) is 4.98 Å². The molecule has 0 amide bonds. The van der Waals surface area contributed by atoms with Crippen LogP contribution in [0.3, 0.4) is 0 Å². The van der Waals surface area contributed by atoms with Crippen molar-refractivity contribution in [1.29, 1.82) is 0 Å². The van der Waals surface area contributed by atoms with Crippen LogP contribution in [0.5, 0.6) is 5.88 Å². The molecule has 1 aromatic rings. The van der Waals surface area contributed by atoms with Crippen LogP contribution >= 0.6 is 0 Å². The fraction of sp³-hybridized carbons (Fsp3) is 0.600. The van der Waals surface area contributed by atoms with Crippen LogP contribution in [0.15, 0.2) is 17.2 Å². The molecule has 0 bridgehead atoms. The minimum atomic E-state index is -0.263. The van der Waals surface area contributed by atoms with Crippen LogP contribution < -0.4 is 15.6 Å². The van der Waals surface area contributed by atoms with Gasteiger partial charge < -0.3 is 15.0 Å². The Morgan fingerprint density at radius 1 is 1.60 bits per heavy atom. The first-order valence-electron chi connectivity index (χ1n) is 5.23. The van der Waals surface area contributed by atoms with Gasteiger partial charge in [-0.3, -0.25) is 4.79 Å². The molecule has 1 aliphatic heterocycles. The van der Waals surface area contributed by atoms with Crippen molar-refractivity contribution >= 4 is 0 Å². The number of ether oxygens (including phenoxy) is 1. The zero-order valence-electron chi connectivity index (χ0n) is 8.53. The number of hydrogen-bond donors (Lipinski definition) is 2. The maximum atomic E-state index is 11.2. The van der Waals surface area contributed by atoms with Crippen LogP contribution in [0, 0.1) is 5.92 Å². The molecule has 1 atom stereocenters. The molecule has 0 spiro atoms. The molecular formula is C10H15N3O2. The van der Waals surface area contributed by atoms with Crippen LogP contribution in [-0.4, -0.2) is 29.7 Å². The summed E-state index contributed by atoms with van der Waals surface area (Å²) in [4.78, 5) is 17.6. The van der Waals surface area contributed by atoms with E-state index in [4.69, 9.17) is 4.74 Å². The quantitative estimate of drug-likeness (QED) is 0.743. The average Bonchev–Trinajstić information content (AvgIpc) is 2.29. The Morgan fingerprint density at radius 2 is 2.53 bits per heavy atom. The minimum absolute atomic E-state index is 0.170. The van der Waals surface area contributed by atoms with E-state index in [1.807, 2.05) is 0 Å². The molecule has 5 nitrogen and oxygen atoms in total. The van der Waals surface area contributed by atoms with Gasteiger partial charge in [-0.15, -0.1) is 0 Å². The SMILES string of the molecule is O=c1[nH]ccnc1OCC1CCCNC1. The normalized spacial score (nSPS) is 21.2. The molecule has 0 saturated carbocycles. The van der Waals surface area contributed by atoms with Crippen molar-refractivity contribution in [2.24, 2.45) is 5.92 Å². The summed E-state index contributed by atoms with van der Waals surface area (Å²) in [6, 6.07) is 0. The van der Waals surface area contributed by atoms with Crippen molar-refractivity contribution in [3.63, 3.8) is 0 Å². The molecule has 1 aliphatic rings. The smallest absolute Gasteiger partial charge is 0.310 e. The van der Waals surface area contributed by atoms with Crippen LogP contribution in [0.2, 0.25) is 0 Å². The monoisotopic (exact) mass is 209 g/mol. The molecule has 0 aromatic carbocycles. The van der Waals surface area contributed by atoms with E-state index < -0.39 is 0 Å². The lowest BCUT2D eigenvalue weighted by atomic mass is 10.0. The fourth-order valence-corrected chi connectivity index (χ4v) is 1.70. The van der Waals surface area contributed by atoms with E-state index in [1.54, 1.807) is 0 Å². The lowest BCUT2D eigenvalue weighted by molar-refractivity contribution is 0.209. The van der Waals surface area contributed by atoms with Gasteiger partial charge in [-0.2, -0.15) is 0 Å². The molecule has 0 radical (unpaired) electrons. The fourth-order valence-electron chi connectivity index (χ4n) is 1.70. The predicted molar refractivity (Wildman–Crippen MR) is 55.9 cm³/mol. The second-order valence-corrected chi connectivity index (χ2v) is 3.75. The van der Waals surface area contributed by atoms with Gasteiger partial charge in [0.25, 0.3) is 5.88 Å². The maximum Gasteiger partial charge on any atom is 0.310 e. The van der Waals surface area contributed by atoms with Crippen LogP contribution in [0.1, 0.15) is 12.8 Å². The van der Waals surface area contributed by atoms with Crippen molar-refractivity contribution in [1.82, 2.24) is 15.3 Å². The number of aromatic nitrogens is 2. The number of nitrogens with one attached hydrogen (secondary N) is 2. The molecule has 5 heteroatoms. The first kappa shape index (κ1) is 10.2. The van der Waals surface area contributed by atoms with Gasteiger partial charge in [0.05, 0.1) is 6.61 Å². The largest absolute Gasteiger partial charge is 0.473 e. The first-order chi connectivity index (χ1) is 7.36. The third-order valence-electron chi connectivity index (χ3n) is 2.53. The molecular weight excluding hydrogens is 194 g/mol. The van der Waals surface area contributed by atoms with E-state index >= 15 is 0 Å². The molecule has 1 fully saturated rings. The highest BCUT2D eigenvalue weighted by Gasteiger charge is 2.14. The van der Waals surface area contributed by atoms with Crippen LogP contribution in [-0.2, 0) is 0 Å². The summed E-state index contributed by atoms with van der Waals surface area (Å²) in [5.41, 5.74) is -0.263. The summed E-state index contributed by atoms with van der Waals surface area (Å²) in [6.45, 7) is 2.61. The highest BCUT2D eigenvalue weighted by molar-refractivity contribution is 5.02. The molecule has 1 unspecified atom stereocenters. The molecule has 2 N–H and O–H groups in total. The molecule has 0 aliphatic carbocycles. The molecule has 1 aromatic heterocycles. The third kappa shape index (κ3) is 2.79. The predicted octanol–water partition coefficient (Wildman–Crippen LogP) is 0.148. The van der Waals surface area contributed by atoms with Crippen molar-refractivity contribution in [2.75, 3.05) is 19.7 Å². The maximum absolute atomic E-state index is 11.2. The second kappa shape index (κ2) is 4.93. The standard InChI is InChI=1S/C10H15N3O2/c14-9-10(13-5-4-12-9)15-7-8-2-1-3-11-6-8/h4-5,8,11H,1-3,6-7H2,(H,12,14). The van der Waals surface area contributed by atoms with Gasteiger partial charge in [-0.1, -0.05) is 0 Å². The summed E-state index contributed by atoms with van der Waals surface area (Å²) in [6.07, 6.45) is 5.34. The highest BCUT2D eigenvalue weighted by atomic mass is 16.5. The lowest BCUT2D eigenvalue weighted by Gasteiger charge is -2.22. The van der Waals surface area contributed by atoms with Gasteiger partial charge in [0.1, 0.15) is 0 Å². The van der Waals surface area contributed by atoms with E-state index in [0.29, 0.717) is 12.5 Å². The van der Waals surface area contributed by atoms with E-state index in [0.717, 1.165) is 19.5 Å². The number of piperidine rings is 1. The molecule has 82 valence electrons. The number of nitrogens with zero attached hydrogens (tertiary/aromatic N) is 1.